The van der Waals surface area contributed by atoms with Crippen molar-refractivity contribution in [2.75, 3.05) is 0 Å². The van der Waals surface area contributed by atoms with E-state index in [4.69, 9.17) is 9.97 Å². The van der Waals surface area contributed by atoms with Crippen molar-refractivity contribution < 1.29 is 34.1 Å². The van der Waals surface area contributed by atoms with Gasteiger partial charge in [0.15, 0.2) is 0 Å². The Kier molecular flexibility index (Phi) is 16.7. The normalized spacial score (nSPS) is 17.2. The van der Waals surface area contributed by atoms with Crippen molar-refractivity contribution in [3.05, 3.63) is 245 Å². The van der Waals surface area contributed by atoms with E-state index in [1.807, 2.05) is 64.2 Å². The summed E-state index contributed by atoms with van der Waals surface area (Å²) < 4.78 is 0. The average molecular weight is 943 g/mol. The molecule has 0 spiro atoms. The third-order valence-electron chi connectivity index (χ3n) is 11.8. The second kappa shape index (κ2) is 22.0. The molecule has 0 saturated heterocycles. The molecule has 4 aliphatic carbocycles. The molecule has 5 aromatic rings. The Balaban J connectivity index is 0.000000480. The Labute approximate surface area is 417 Å². The molecule has 5 heterocycles. The van der Waals surface area contributed by atoms with Crippen molar-refractivity contribution in [2.24, 2.45) is 0 Å². The summed E-state index contributed by atoms with van der Waals surface area (Å²) in [6.07, 6.45) is 45.6. The average Bonchev–Trinajstić information content (AvgIpc) is 4.13. The molecule has 4 nitrogen and oxygen atoms in total. The number of benzene rings is 2. The fraction of sp³-hybridized carbons (Fsp3) is 0.133. The van der Waals surface area contributed by atoms with E-state index in [-0.39, 0.29) is 45.0 Å². The molecule has 66 heavy (non-hydrogen) atoms. The summed E-state index contributed by atoms with van der Waals surface area (Å²) in [5, 5.41) is 0. The third-order valence-corrected chi connectivity index (χ3v) is 11.8. The molecule has 2 aromatic carbocycles. The zero-order chi connectivity index (χ0) is 44.3. The van der Waals surface area contributed by atoms with E-state index in [9.17, 15) is 0 Å². The van der Waals surface area contributed by atoms with Gasteiger partial charge in [0.2, 0.25) is 0 Å². The van der Waals surface area contributed by atoms with Crippen molar-refractivity contribution in [2.45, 2.75) is 52.4 Å². The fourth-order valence-corrected chi connectivity index (χ4v) is 8.42. The zero-order valence-electron chi connectivity index (χ0n) is 38.2. The number of nitrogens with one attached hydrogen (secondary N) is 2. The van der Waals surface area contributed by atoms with Gasteiger partial charge in [0.05, 0.1) is 22.8 Å². The standard InChI is InChI=1S/C50H44N4.2C5H5.2Fe/c1-49(2,3)35-19-15-33(16-20-35)47-41-27-23-37(51-41)45(31-11-7-8-12-31)39-25-29-43(53-39)48(34-17-21-36(22-18-34)50(4,5)6)44-30-26-40(54-44)46(32-13-9-10-14-32)38-24-28-42(47)52-38;2*1-2-4-5-3-1;;/h7-30,51-52H,1-6H3;2*1-5H;;/q;;;2*+2. The van der Waals surface area contributed by atoms with E-state index in [1.165, 1.54) is 11.1 Å². The molecule has 0 atom stereocenters. The van der Waals surface area contributed by atoms with Gasteiger partial charge in [-0.3, -0.25) is 0 Å². The molecule has 4 saturated carbocycles. The van der Waals surface area contributed by atoms with Crippen molar-refractivity contribution in [3.63, 3.8) is 0 Å². The molecular weight excluding hydrogens is 888 g/mol. The molecule has 11 rings (SSSR count). The topological polar surface area (TPSA) is 57.4 Å². The molecule has 0 unspecified atom stereocenters. The third kappa shape index (κ3) is 11.3. The first-order chi connectivity index (χ1) is 31.0. The fourth-order valence-electron chi connectivity index (χ4n) is 8.42. The van der Waals surface area contributed by atoms with Crippen LogP contribution in [0.5, 0.6) is 0 Å². The van der Waals surface area contributed by atoms with Crippen LogP contribution >= 0.6 is 0 Å². The summed E-state index contributed by atoms with van der Waals surface area (Å²) in [6, 6.07) is 26.7. The van der Waals surface area contributed by atoms with Gasteiger partial charge in [-0.15, -0.1) is 0 Å². The molecule has 6 heteroatoms. The Bertz CT molecular complexity index is 2490. The second-order valence-corrected chi connectivity index (χ2v) is 18.4. The number of rotatable bonds is 4. The Hall–Kier alpha value is -3.92. The van der Waals surface area contributed by atoms with Crippen LogP contribution in [0.4, 0.5) is 0 Å². The Morgan fingerprint density at radius 3 is 0.894 bits per heavy atom. The van der Waals surface area contributed by atoms with Crippen LogP contribution in [0.2, 0.25) is 0 Å². The van der Waals surface area contributed by atoms with Gasteiger partial charge in [-0.2, -0.15) is 0 Å². The van der Waals surface area contributed by atoms with Gasteiger partial charge < -0.3 is 9.97 Å². The van der Waals surface area contributed by atoms with Gasteiger partial charge in [0, 0.05) is 56.2 Å². The molecule has 4 fully saturated rings. The van der Waals surface area contributed by atoms with Gasteiger partial charge >= 0.3 is 34.1 Å². The van der Waals surface area contributed by atoms with Crippen molar-refractivity contribution in [1.82, 2.24) is 19.9 Å². The maximum atomic E-state index is 5.41. The Morgan fingerprint density at radius 2 is 0.591 bits per heavy atom. The summed E-state index contributed by atoms with van der Waals surface area (Å²) in [4.78, 5) is 18.6. The van der Waals surface area contributed by atoms with Crippen LogP contribution in [-0.4, -0.2) is 19.9 Å². The quantitative estimate of drug-likeness (QED) is 0.173. The molecule has 0 amide bonds. The minimum Gasteiger partial charge on any atom is -0.355 e. The first-order valence-electron chi connectivity index (χ1n) is 22.2. The van der Waals surface area contributed by atoms with E-state index < -0.39 is 0 Å². The van der Waals surface area contributed by atoms with Crippen molar-refractivity contribution >= 4 is 46.4 Å². The second-order valence-electron chi connectivity index (χ2n) is 18.4. The van der Waals surface area contributed by atoms with E-state index in [0.717, 1.165) is 90.1 Å². The van der Waals surface area contributed by atoms with Crippen LogP contribution in [0.15, 0.2) is 72.8 Å². The van der Waals surface area contributed by atoms with Crippen LogP contribution in [0.1, 0.15) is 86.6 Å². The van der Waals surface area contributed by atoms with E-state index >= 15 is 0 Å². The monoisotopic (exact) mass is 942 g/mol. The maximum absolute atomic E-state index is 5.41. The summed E-state index contributed by atoms with van der Waals surface area (Å²) in [5.74, 6) is 2.23. The van der Waals surface area contributed by atoms with Crippen LogP contribution in [0, 0.1) is 127 Å². The van der Waals surface area contributed by atoms with E-state index in [0.29, 0.717) is 0 Å². The molecule has 2 N–H and O–H groups in total. The van der Waals surface area contributed by atoms with Gasteiger partial charge in [0.25, 0.3) is 0 Å². The first kappa shape index (κ1) is 50.0. The maximum Gasteiger partial charge on any atom is 2.00 e. The van der Waals surface area contributed by atoms with E-state index in [2.05, 4.69) is 200 Å². The van der Waals surface area contributed by atoms with Gasteiger partial charge in [0.1, 0.15) is 0 Å². The summed E-state index contributed by atoms with van der Waals surface area (Å²) in [5.41, 5.74) is 16.8. The SMILES string of the molecule is CC(C)(C)c1ccc(-c2c3nc(c([C]4[CH][CH][CH][CH]4)c4ccc([nH]4)c(-c4ccc(C(C)(C)C)cc4)c4ccc([nH]4)c([C]4[CH][CH][CH][CH]4)c4nc2C=C4)C=C3)cc1.[CH]1[CH][CH][CH][CH]1.[CH]1[CH][CH][CH][CH]1.[Fe+2].[Fe+2]. The molecule has 3 aromatic heterocycles. The van der Waals surface area contributed by atoms with Crippen molar-refractivity contribution in [1.29, 1.82) is 0 Å². The smallest absolute Gasteiger partial charge is 0.355 e. The number of hydrogen-bond acceptors (Lipinski definition) is 2. The summed E-state index contributed by atoms with van der Waals surface area (Å²) in [7, 11) is 0. The van der Waals surface area contributed by atoms with Crippen LogP contribution in [0.3, 0.4) is 0 Å². The molecule has 8 bridgehead atoms. The van der Waals surface area contributed by atoms with Crippen molar-refractivity contribution in [3.8, 4) is 22.3 Å². The van der Waals surface area contributed by atoms with Crippen LogP contribution in [0.25, 0.3) is 68.6 Å². The number of aromatic amines is 2. The first-order valence-corrected chi connectivity index (χ1v) is 22.2. The number of fused-ring (bicyclic) bond motifs is 8. The molecule has 326 valence electrons. The number of aromatic nitrogens is 4. The largest absolute Gasteiger partial charge is 2.00 e. The summed E-state index contributed by atoms with van der Waals surface area (Å²) in [6.45, 7) is 13.5. The van der Waals surface area contributed by atoms with Gasteiger partial charge in [-0.05, 0) is 197 Å². The van der Waals surface area contributed by atoms with Crippen LogP contribution < -0.4 is 0 Å². The minimum atomic E-state index is 0. The van der Waals surface area contributed by atoms with Gasteiger partial charge in [-0.25, -0.2) is 9.97 Å². The Morgan fingerprint density at radius 1 is 0.318 bits per heavy atom. The van der Waals surface area contributed by atoms with Gasteiger partial charge in [-0.1, -0.05) is 90.1 Å². The number of hydrogen-bond donors (Lipinski definition) is 2. The predicted molar refractivity (Wildman–Crippen MR) is 269 cm³/mol. The molecule has 20 radical (unpaired) electrons. The minimum absolute atomic E-state index is 0. The summed E-state index contributed by atoms with van der Waals surface area (Å²) >= 11 is 0. The molecule has 2 aliphatic heterocycles. The molecule has 6 aliphatic rings. The van der Waals surface area contributed by atoms with E-state index in [1.54, 1.807) is 0 Å². The predicted octanol–water partition coefficient (Wildman–Crippen LogP) is 14.1. The van der Waals surface area contributed by atoms with Crippen LogP contribution in [-0.2, 0) is 45.0 Å². The molecular formula is C60H54Fe2N4+4. The number of nitrogens with zero attached hydrogens (tertiary/aromatic N) is 2. The zero-order valence-corrected chi connectivity index (χ0v) is 40.4. The number of H-pyrrole nitrogens is 2.